The van der Waals surface area contributed by atoms with Crippen molar-refractivity contribution in [1.29, 1.82) is 0 Å². The summed E-state index contributed by atoms with van der Waals surface area (Å²) in [6.07, 6.45) is 7.58. The van der Waals surface area contributed by atoms with Crippen molar-refractivity contribution in [2.45, 2.75) is 63.6 Å². The first-order valence-electron chi connectivity index (χ1n) is 9.23. The lowest BCUT2D eigenvalue weighted by Crippen LogP contribution is -2.40. The van der Waals surface area contributed by atoms with E-state index in [1.54, 1.807) is 0 Å². The molecular weight excluding hydrogens is 338 g/mol. The first kappa shape index (κ1) is 16.8. The zero-order chi connectivity index (χ0) is 17.2. The Bertz CT molecular complexity index is 651. The second-order valence-electron chi connectivity index (χ2n) is 7.27. The topological polar surface area (TPSA) is 86.4 Å². The Morgan fingerprint density at radius 3 is 2.64 bits per heavy atom. The number of aromatic nitrogens is 1. The number of nitrogens with zero attached hydrogens (tertiary/aromatic N) is 2. The van der Waals surface area contributed by atoms with Gasteiger partial charge >= 0.3 is 6.03 Å². The number of urea groups is 1. The van der Waals surface area contributed by atoms with Gasteiger partial charge in [0.1, 0.15) is 0 Å². The molecule has 1 aliphatic heterocycles. The van der Waals surface area contributed by atoms with Crippen LogP contribution in [0.5, 0.6) is 0 Å². The van der Waals surface area contributed by atoms with Gasteiger partial charge in [0, 0.05) is 36.5 Å². The summed E-state index contributed by atoms with van der Waals surface area (Å²) in [5, 5.41) is 9.59. The number of anilines is 1. The van der Waals surface area contributed by atoms with Crippen molar-refractivity contribution < 1.29 is 9.59 Å². The third-order valence-corrected chi connectivity index (χ3v) is 6.03. The maximum absolute atomic E-state index is 12.1. The normalized spacial score (nSPS) is 21.0. The SMILES string of the molecule is O=C(CN1CCc2nc(NC(=O)NC3CCCC3)sc2C1)NC1CC1. The summed E-state index contributed by atoms with van der Waals surface area (Å²) in [6, 6.07) is 0.555. The molecular formula is C17H25N5O2S. The molecule has 0 saturated heterocycles. The van der Waals surface area contributed by atoms with Gasteiger partial charge < -0.3 is 10.6 Å². The molecule has 7 nitrogen and oxygen atoms in total. The van der Waals surface area contributed by atoms with Crippen molar-refractivity contribution >= 4 is 28.4 Å². The van der Waals surface area contributed by atoms with Crippen LogP contribution in [0.3, 0.4) is 0 Å². The molecule has 0 unspecified atom stereocenters. The largest absolute Gasteiger partial charge is 0.352 e. The molecule has 4 rings (SSSR count). The van der Waals surface area contributed by atoms with E-state index in [-0.39, 0.29) is 11.9 Å². The van der Waals surface area contributed by atoms with Gasteiger partial charge in [-0.15, -0.1) is 11.3 Å². The number of hydrogen-bond acceptors (Lipinski definition) is 5. The van der Waals surface area contributed by atoms with Crippen molar-refractivity contribution in [3.05, 3.63) is 10.6 Å². The first-order valence-corrected chi connectivity index (χ1v) is 10.0. The van der Waals surface area contributed by atoms with Crippen LogP contribution in [0.15, 0.2) is 0 Å². The van der Waals surface area contributed by atoms with Crippen LogP contribution in [-0.4, -0.2) is 47.0 Å². The highest BCUT2D eigenvalue weighted by Gasteiger charge is 2.26. The number of carbonyl (C=O) groups is 2. The number of nitrogens with one attached hydrogen (secondary N) is 3. The fourth-order valence-corrected chi connectivity index (χ4v) is 4.58. The number of hydrogen-bond donors (Lipinski definition) is 3. The lowest BCUT2D eigenvalue weighted by molar-refractivity contribution is -0.122. The molecule has 2 saturated carbocycles. The Balaban J connectivity index is 1.29. The van der Waals surface area contributed by atoms with E-state index in [1.807, 2.05) is 0 Å². The summed E-state index contributed by atoms with van der Waals surface area (Å²) in [6.45, 7) is 2.01. The predicted octanol–water partition coefficient (Wildman–Crippen LogP) is 1.84. The highest BCUT2D eigenvalue weighted by atomic mass is 32.1. The number of thiazole rings is 1. The minimum Gasteiger partial charge on any atom is -0.352 e. The molecule has 0 radical (unpaired) electrons. The monoisotopic (exact) mass is 363 g/mol. The van der Waals surface area contributed by atoms with E-state index in [2.05, 4.69) is 25.8 Å². The quantitative estimate of drug-likeness (QED) is 0.745. The van der Waals surface area contributed by atoms with Crippen molar-refractivity contribution in [1.82, 2.24) is 20.5 Å². The van der Waals surface area contributed by atoms with Crippen LogP contribution in [0.1, 0.15) is 49.1 Å². The molecule has 3 N–H and O–H groups in total. The molecule has 136 valence electrons. The van der Waals surface area contributed by atoms with Gasteiger partial charge in [-0.25, -0.2) is 9.78 Å². The Morgan fingerprint density at radius 1 is 1.12 bits per heavy atom. The lowest BCUT2D eigenvalue weighted by atomic mass is 10.2. The Morgan fingerprint density at radius 2 is 1.88 bits per heavy atom. The maximum Gasteiger partial charge on any atom is 0.321 e. The third kappa shape index (κ3) is 4.49. The van der Waals surface area contributed by atoms with E-state index in [0.29, 0.717) is 23.8 Å². The van der Waals surface area contributed by atoms with E-state index >= 15 is 0 Å². The second-order valence-corrected chi connectivity index (χ2v) is 8.35. The molecule has 2 heterocycles. The van der Waals surface area contributed by atoms with Crippen LogP contribution in [0.2, 0.25) is 0 Å². The number of carbonyl (C=O) groups excluding carboxylic acids is 2. The average molecular weight is 363 g/mol. The molecule has 8 heteroatoms. The van der Waals surface area contributed by atoms with Gasteiger partial charge in [-0.1, -0.05) is 12.8 Å². The highest BCUT2D eigenvalue weighted by molar-refractivity contribution is 7.15. The van der Waals surface area contributed by atoms with Gasteiger partial charge in [0.15, 0.2) is 5.13 Å². The number of amides is 3. The van der Waals surface area contributed by atoms with Gasteiger partial charge in [-0.05, 0) is 25.7 Å². The fourth-order valence-electron chi connectivity index (χ4n) is 3.53. The van der Waals surface area contributed by atoms with Crippen molar-refractivity contribution in [3.63, 3.8) is 0 Å². The van der Waals surface area contributed by atoms with Crippen molar-refractivity contribution in [3.8, 4) is 0 Å². The summed E-state index contributed by atoms with van der Waals surface area (Å²) in [5.74, 6) is 0.116. The van der Waals surface area contributed by atoms with Crippen LogP contribution in [-0.2, 0) is 17.8 Å². The van der Waals surface area contributed by atoms with Crippen LogP contribution in [0.25, 0.3) is 0 Å². The molecule has 3 amide bonds. The minimum atomic E-state index is -0.154. The fraction of sp³-hybridized carbons (Fsp3) is 0.706. The smallest absolute Gasteiger partial charge is 0.321 e. The summed E-state index contributed by atoms with van der Waals surface area (Å²) < 4.78 is 0. The molecule has 0 spiro atoms. The second kappa shape index (κ2) is 7.29. The van der Waals surface area contributed by atoms with Gasteiger partial charge in [-0.3, -0.25) is 15.0 Å². The van der Waals surface area contributed by atoms with Crippen LogP contribution < -0.4 is 16.0 Å². The van der Waals surface area contributed by atoms with Gasteiger partial charge in [0.05, 0.1) is 12.2 Å². The first-order chi connectivity index (χ1) is 12.2. The molecule has 25 heavy (non-hydrogen) atoms. The van der Waals surface area contributed by atoms with E-state index < -0.39 is 0 Å². The Kier molecular flexibility index (Phi) is 4.89. The third-order valence-electron chi connectivity index (χ3n) is 5.03. The molecule has 1 aromatic heterocycles. The predicted molar refractivity (Wildman–Crippen MR) is 96.7 cm³/mol. The number of fused-ring (bicyclic) bond motifs is 1. The molecule has 2 fully saturated rings. The number of rotatable bonds is 5. The van der Waals surface area contributed by atoms with E-state index in [0.717, 1.165) is 55.8 Å². The summed E-state index contributed by atoms with van der Waals surface area (Å²) in [5.41, 5.74) is 1.06. The molecule has 0 bridgehead atoms. The van der Waals surface area contributed by atoms with E-state index in [1.165, 1.54) is 24.2 Å². The highest BCUT2D eigenvalue weighted by Crippen LogP contribution is 2.28. The van der Waals surface area contributed by atoms with Crippen molar-refractivity contribution in [2.24, 2.45) is 0 Å². The molecule has 1 aromatic rings. The van der Waals surface area contributed by atoms with Gasteiger partial charge in [0.2, 0.25) is 5.91 Å². The Labute approximate surface area is 151 Å². The molecule has 2 aliphatic carbocycles. The zero-order valence-corrected chi connectivity index (χ0v) is 15.2. The van der Waals surface area contributed by atoms with Gasteiger partial charge in [-0.2, -0.15) is 0 Å². The standard InChI is InChI=1S/C17H25N5O2S/c23-15(18-12-5-6-12)10-22-8-7-13-14(9-22)25-17(20-13)21-16(24)19-11-3-1-2-4-11/h11-12H,1-10H2,(H,18,23)(H2,19,20,21,24). The van der Waals surface area contributed by atoms with E-state index in [9.17, 15) is 9.59 Å². The Hall–Kier alpha value is -1.67. The molecule has 3 aliphatic rings. The van der Waals surface area contributed by atoms with E-state index in [4.69, 9.17) is 0 Å². The summed E-state index contributed by atoms with van der Waals surface area (Å²) in [4.78, 5) is 31.9. The maximum atomic E-state index is 12.1. The average Bonchev–Trinajstić information content (AvgIpc) is 3.06. The zero-order valence-electron chi connectivity index (χ0n) is 14.3. The van der Waals surface area contributed by atoms with Crippen LogP contribution >= 0.6 is 11.3 Å². The van der Waals surface area contributed by atoms with Crippen LogP contribution in [0.4, 0.5) is 9.93 Å². The molecule has 0 atom stereocenters. The minimum absolute atomic E-state index is 0.116. The summed E-state index contributed by atoms with van der Waals surface area (Å²) >= 11 is 1.52. The van der Waals surface area contributed by atoms with Gasteiger partial charge in [0.25, 0.3) is 0 Å². The summed E-state index contributed by atoms with van der Waals surface area (Å²) in [7, 11) is 0. The van der Waals surface area contributed by atoms with Crippen molar-refractivity contribution in [2.75, 3.05) is 18.4 Å². The lowest BCUT2D eigenvalue weighted by Gasteiger charge is -2.25. The molecule has 0 aromatic carbocycles. The van der Waals surface area contributed by atoms with Crippen LogP contribution in [0, 0.1) is 0 Å².